The van der Waals surface area contributed by atoms with Crippen molar-refractivity contribution >= 4 is 17.3 Å². The summed E-state index contributed by atoms with van der Waals surface area (Å²) >= 11 is 0. The topological polar surface area (TPSA) is 50.4 Å². The molecular formula is C15H22N2O2. The maximum absolute atomic E-state index is 12.1. The first-order chi connectivity index (χ1) is 9.02. The number of carbonyl (C=O) groups excluding carboxylic acids is 1. The lowest BCUT2D eigenvalue weighted by molar-refractivity contribution is -0.121. The van der Waals surface area contributed by atoms with E-state index in [0.717, 1.165) is 30.8 Å². The van der Waals surface area contributed by atoms with Crippen LogP contribution in [-0.2, 0) is 16.0 Å². The number of hydrogen-bond donors (Lipinski definition) is 2. The van der Waals surface area contributed by atoms with E-state index < -0.39 is 5.60 Å². The monoisotopic (exact) mass is 262 g/mol. The predicted octanol–water partition coefficient (Wildman–Crippen LogP) is 2.80. The van der Waals surface area contributed by atoms with Crippen LogP contribution in [0.4, 0.5) is 11.4 Å². The van der Waals surface area contributed by atoms with E-state index in [4.69, 9.17) is 4.74 Å². The van der Waals surface area contributed by atoms with Gasteiger partial charge in [0.1, 0.15) is 0 Å². The van der Waals surface area contributed by atoms with Gasteiger partial charge in [-0.3, -0.25) is 4.79 Å². The Morgan fingerprint density at radius 2 is 2.26 bits per heavy atom. The summed E-state index contributed by atoms with van der Waals surface area (Å²) < 4.78 is 5.29. The number of fused-ring (bicyclic) bond motifs is 1. The van der Waals surface area contributed by atoms with E-state index in [1.54, 1.807) is 7.11 Å². The van der Waals surface area contributed by atoms with Gasteiger partial charge in [-0.2, -0.15) is 0 Å². The fourth-order valence-corrected chi connectivity index (χ4v) is 2.28. The van der Waals surface area contributed by atoms with Gasteiger partial charge >= 0.3 is 0 Å². The Balaban J connectivity index is 2.09. The molecule has 0 spiro atoms. The molecule has 104 valence electrons. The van der Waals surface area contributed by atoms with Gasteiger partial charge in [0.15, 0.2) is 0 Å². The Bertz CT molecular complexity index is 469. The third-order valence-corrected chi connectivity index (χ3v) is 3.51. The van der Waals surface area contributed by atoms with Crippen molar-refractivity contribution in [3.05, 3.63) is 23.8 Å². The van der Waals surface area contributed by atoms with Crippen LogP contribution in [0.15, 0.2) is 18.2 Å². The second-order valence-electron chi connectivity index (χ2n) is 5.55. The van der Waals surface area contributed by atoms with E-state index in [0.29, 0.717) is 6.42 Å². The van der Waals surface area contributed by atoms with Crippen molar-refractivity contribution in [3.63, 3.8) is 0 Å². The Hall–Kier alpha value is -1.55. The zero-order valence-corrected chi connectivity index (χ0v) is 11.9. The molecule has 1 amide bonds. The van der Waals surface area contributed by atoms with E-state index >= 15 is 0 Å². The number of nitrogens with one attached hydrogen (secondary N) is 2. The van der Waals surface area contributed by atoms with Crippen molar-refractivity contribution in [2.24, 2.45) is 0 Å². The van der Waals surface area contributed by atoms with Crippen LogP contribution in [-0.4, -0.2) is 25.2 Å². The number of amides is 1. The molecule has 1 aromatic rings. The van der Waals surface area contributed by atoms with Gasteiger partial charge in [-0.25, -0.2) is 0 Å². The van der Waals surface area contributed by atoms with Crippen LogP contribution in [0.2, 0.25) is 0 Å². The first kappa shape index (κ1) is 13.9. The van der Waals surface area contributed by atoms with E-state index in [-0.39, 0.29) is 5.91 Å². The van der Waals surface area contributed by atoms with Gasteiger partial charge in [0.25, 0.3) is 0 Å². The highest BCUT2D eigenvalue weighted by Gasteiger charge is 2.22. The summed E-state index contributed by atoms with van der Waals surface area (Å²) in [5.41, 5.74) is 2.82. The van der Waals surface area contributed by atoms with Crippen molar-refractivity contribution in [3.8, 4) is 0 Å². The van der Waals surface area contributed by atoms with Gasteiger partial charge in [-0.05, 0) is 44.4 Å². The van der Waals surface area contributed by atoms with Gasteiger partial charge in [0.05, 0.1) is 12.0 Å². The standard InChI is InChI=1S/C15H22N2O2/c1-15(2,19-3)10-14(18)17-13-8-4-7-12-11(13)6-5-9-16-12/h4,7-8,16H,5-6,9-10H2,1-3H3,(H,17,18). The Morgan fingerprint density at radius 1 is 1.47 bits per heavy atom. The summed E-state index contributed by atoms with van der Waals surface area (Å²) in [4.78, 5) is 12.1. The molecule has 0 bridgehead atoms. The highest BCUT2D eigenvalue weighted by molar-refractivity contribution is 5.93. The molecule has 0 unspecified atom stereocenters. The van der Waals surface area contributed by atoms with Crippen LogP contribution in [0.3, 0.4) is 0 Å². The van der Waals surface area contributed by atoms with Crippen LogP contribution >= 0.6 is 0 Å². The van der Waals surface area contributed by atoms with Crippen LogP contribution in [0, 0.1) is 0 Å². The molecule has 1 heterocycles. The van der Waals surface area contributed by atoms with Gasteiger partial charge < -0.3 is 15.4 Å². The molecule has 2 rings (SSSR count). The van der Waals surface area contributed by atoms with Crippen LogP contribution in [0.25, 0.3) is 0 Å². The normalized spacial score (nSPS) is 14.5. The molecular weight excluding hydrogens is 240 g/mol. The van der Waals surface area contributed by atoms with Crippen molar-refractivity contribution in [2.75, 3.05) is 24.3 Å². The zero-order valence-electron chi connectivity index (χ0n) is 11.9. The molecule has 1 aliphatic heterocycles. The van der Waals surface area contributed by atoms with Gasteiger partial charge in [-0.15, -0.1) is 0 Å². The summed E-state index contributed by atoms with van der Waals surface area (Å²) in [7, 11) is 1.63. The van der Waals surface area contributed by atoms with Gasteiger partial charge in [-0.1, -0.05) is 6.07 Å². The fraction of sp³-hybridized carbons (Fsp3) is 0.533. The maximum Gasteiger partial charge on any atom is 0.227 e. The van der Waals surface area contributed by atoms with Crippen LogP contribution in [0.5, 0.6) is 0 Å². The molecule has 19 heavy (non-hydrogen) atoms. The lowest BCUT2D eigenvalue weighted by Gasteiger charge is -2.24. The smallest absolute Gasteiger partial charge is 0.227 e. The lowest BCUT2D eigenvalue weighted by Crippen LogP contribution is -2.30. The summed E-state index contributed by atoms with van der Waals surface area (Å²) in [6.07, 6.45) is 2.45. The quantitative estimate of drug-likeness (QED) is 0.877. The third-order valence-electron chi connectivity index (χ3n) is 3.51. The average Bonchev–Trinajstić information content (AvgIpc) is 2.38. The minimum atomic E-state index is -0.433. The predicted molar refractivity (Wildman–Crippen MR) is 77.6 cm³/mol. The first-order valence-corrected chi connectivity index (χ1v) is 6.72. The molecule has 0 fully saturated rings. The molecule has 0 saturated carbocycles. The number of anilines is 2. The van der Waals surface area contributed by atoms with Crippen molar-refractivity contribution < 1.29 is 9.53 Å². The molecule has 0 aromatic heterocycles. The molecule has 2 N–H and O–H groups in total. The highest BCUT2D eigenvalue weighted by atomic mass is 16.5. The van der Waals surface area contributed by atoms with E-state index in [1.165, 1.54) is 5.56 Å². The minimum absolute atomic E-state index is 0.00850. The highest BCUT2D eigenvalue weighted by Crippen LogP contribution is 2.29. The molecule has 0 aliphatic carbocycles. The zero-order chi connectivity index (χ0) is 13.9. The molecule has 0 radical (unpaired) electrons. The second-order valence-corrected chi connectivity index (χ2v) is 5.55. The molecule has 1 aliphatic rings. The van der Waals surface area contributed by atoms with Crippen molar-refractivity contribution in [2.45, 2.75) is 38.7 Å². The summed E-state index contributed by atoms with van der Waals surface area (Å²) in [6.45, 7) is 4.82. The second kappa shape index (κ2) is 5.61. The van der Waals surface area contributed by atoms with Crippen LogP contribution in [0.1, 0.15) is 32.3 Å². The average molecular weight is 262 g/mol. The maximum atomic E-state index is 12.1. The summed E-state index contributed by atoms with van der Waals surface area (Å²) in [5, 5.41) is 6.36. The number of carbonyl (C=O) groups is 1. The lowest BCUT2D eigenvalue weighted by atomic mass is 10.0. The van der Waals surface area contributed by atoms with Crippen molar-refractivity contribution in [1.29, 1.82) is 0 Å². The molecule has 4 heteroatoms. The van der Waals surface area contributed by atoms with E-state index in [2.05, 4.69) is 16.7 Å². The Kier molecular flexibility index (Phi) is 4.10. The number of hydrogen-bond acceptors (Lipinski definition) is 3. The largest absolute Gasteiger partial charge is 0.385 e. The first-order valence-electron chi connectivity index (χ1n) is 6.72. The van der Waals surface area contributed by atoms with Gasteiger partial charge in [0, 0.05) is 25.0 Å². The fourth-order valence-electron chi connectivity index (χ4n) is 2.28. The molecule has 0 atom stereocenters. The molecule has 0 saturated heterocycles. The Morgan fingerprint density at radius 3 is 3.00 bits per heavy atom. The minimum Gasteiger partial charge on any atom is -0.385 e. The third kappa shape index (κ3) is 3.47. The molecule has 1 aromatic carbocycles. The summed E-state index contributed by atoms with van der Waals surface area (Å²) in [5.74, 6) is -0.00850. The number of ether oxygens (including phenoxy) is 1. The number of rotatable bonds is 4. The van der Waals surface area contributed by atoms with Crippen LogP contribution < -0.4 is 10.6 Å². The Labute approximate surface area is 114 Å². The SMILES string of the molecule is COC(C)(C)CC(=O)Nc1cccc2c1CCCN2. The summed E-state index contributed by atoms with van der Waals surface area (Å²) in [6, 6.07) is 5.99. The molecule has 4 nitrogen and oxygen atoms in total. The van der Waals surface area contributed by atoms with Gasteiger partial charge in [0.2, 0.25) is 5.91 Å². The van der Waals surface area contributed by atoms with E-state index in [1.807, 2.05) is 26.0 Å². The number of methoxy groups -OCH3 is 1. The van der Waals surface area contributed by atoms with E-state index in [9.17, 15) is 4.79 Å². The number of benzene rings is 1. The van der Waals surface area contributed by atoms with Crippen molar-refractivity contribution in [1.82, 2.24) is 0 Å².